The van der Waals surface area contributed by atoms with Crippen molar-refractivity contribution in [2.24, 2.45) is 11.8 Å². The summed E-state index contributed by atoms with van der Waals surface area (Å²) in [4.78, 5) is 27.5. The molecule has 5 rings (SSSR count). The predicted molar refractivity (Wildman–Crippen MR) is 139 cm³/mol. The number of carbonyl (C=O) groups is 2. The number of aryl methyl sites for hydroxylation is 4. The van der Waals surface area contributed by atoms with E-state index >= 15 is 0 Å². The Morgan fingerprint density at radius 3 is 1.35 bits per heavy atom. The zero-order chi connectivity index (χ0) is 24.0. The van der Waals surface area contributed by atoms with E-state index in [-0.39, 0.29) is 11.6 Å². The van der Waals surface area contributed by atoms with Crippen LogP contribution in [0.25, 0.3) is 0 Å². The van der Waals surface area contributed by atoms with Crippen LogP contribution >= 0.6 is 0 Å². The fraction of sp³-hybridized carbons (Fsp3) is 0.200. The van der Waals surface area contributed by atoms with Crippen molar-refractivity contribution >= 4 is 34.3 Å². The largest absolute Gasteiger partial charge is 0.355 e. The Bertz CT molecular complexity index is 1290. The van der Waals surface area contributed by atoms with Crippen molar-refractivity contribution in [3.63, 3.8) is 0 Å². The third-order valence-electron chi connectivity index (χ3n) is 7.01. The van der Waals surface area contributed by atoms with Crippen LogP contribution in [-0.4, -0.2) is 11.6 Å². The average molecular weight is 449 g/mol. The Morgan fingerprint density at radius 2 is 0.971 bits per heavy atom. The highest BCUT2D eigenvalue weighted by Gasteiger charge is 2.42. The number of anilines is 4. The SMILES string of the molecule is Cc1ccc(Nc2ccc(Nc3ccc(C)c(C)c3)c3c2C(=O)[C@@H]2C=CC=C[C@H]2C3=O)cc1C. The van der Waals surface area contributed by atoms with Crippen molar-refractivity contribution < 1.29 is 9.59 Å². The van der Waals surface area contributed by atoms with Crippen LogP contribution in [0.3, 0.4) is 0 Å². The van der Waals surface area contributed by atoms with E-state index in [2.05, 4.69) is 62.6 Å². The first-order chi connectivity index (χ1) is 16.3. The number of fused-ring (bicyclic) bond motifs is 2. The number of Topliss-reactive ketones (excluding diaryl/α,β-unsaturated/α-hetero) is 2. The van der Waals surface area contributed by atoms with E-state index in [0.717, 1.165) is 22.5 Å². The van der Waals surface area contributed by atoms with Crippen LogP contribution in [0.1, 0.15) is 43.0 Å². The molecule has 0 fully saturated rings. The Balaban J connectivity index is 1.64. The molecule has 0 bridgehead atoms. The molecule has 0 heterocycles. The summed E-state index contributed by atoms with van der Waals surface area (Å²) in [6, 6.07) is 16.0. The molecule has 0 saturated carbocycles. The zero-order valence-corrected chi connectivity index (χ0v) is 19.9. The van der Waals surface area contributed by atoms with E-state index < -0.39 is 11.8 Å². The van der Waals surface area contributed by atoms with Crippen LogP contribution in [0.15, 0.2) is 72.8 Å². The Morgan fingerprint density at radius 1 is 0.559 bits per heavy atom. The summed E-state index contributed by atoms with van der Waals surface area (Å²) >= 11 is 0. The number of benzene rings is 3. The molecule has 0 amide bonds. The first-order valence-corrected chi connectivity index (χ1v) is 11.6. The fourth-order valence-electron chi connectivity index (χ4n) is 4.71. The van der Waals surface area contributed by atoms with Crippen molar-refractivity contribution in [2.75, 3.05) is 10.6 Å². The molecule has 0 radical (unpaired) electrons. The zero-order valence-electron chi connectivity index (χ0n) is 19.9. The molecule has 0 spiro atoms. The van der Waals surface area contributed by atoms with Gasteiger partial charge in [-0.3, -0.25) is 9.59 Å². The normalized spacial score (nSPS) is 18.5. The quantitative estimate of drug-likeness (QED) is 0.445. The highest BCUT2D eigenvalue weighted by atomic mass is 16.1. The van der Waals surface area contributed by atoms with Gasteiger partial charge in [-0.2, -0.15) is 0 Å². The summed E-state index contributed by atoms with van der Waals surface area (Å²) in [6.07, 6.45) is 7.39. The number of allylic oxidation sites excluding steroid dienone is 4. The number of rotatable bonds is 4. The van der Waals surface area contributed by atoms with E-state index in [4.69, 9.17) is 0 Å². The van der Waals surface area contributed by atoms with Crippen LogP contribution < -0.4 is 10.6 Å². The molecule has 2 atom stereocenters. The molecule has 0 aromatic heterocycles. The van der Waals surface area contributed by atoms with Crippen molar-refractivity contribution in [2.45, 2.75) is 27.7 Å². The van der Waals surface area contributed by atoms with Crippen LogP contribution in [-0.2, 0) is 0 Å². The molecule has 34 heavy (non-hydrogen) atoms. The van der Waals surface area contributed by atoms with Gasteiger partial charge in [0, 0.05) is 11.4 Å². The van der Waals surface area contributed by atoms with Gasteiger partial charge >= 0.3 is 0 Å². The highest BCUT2D eigenvalue weighted by Crippen LogP contribution is 2.42. The summed E-state index contributed by atoms with van der Waals surface area (Å²) in [7, 11) is 0. The molecule has 0 aliphatic heterocycles. The Labute approximate surface area is 200 Å². The summed E-state index contributed by atoms with van der Waals surface area (Å²) in [5.41, 5.74) is 8.74. The lowest BCUT2D eigenvalue weighted by Gasteiger charge is -2.31. The van der Waals surface area contributed by atoms with Gasteiger partial charge in [0.05, 0.1) is 34.3 Å². The van der Waals surface area contributed by atoms with Crippen molar-refractivity contribution in [1.82, 2.24) is 0 Å². The van der Waals surface area contributed by atoms with E-state index in [1.54, 1.807) is 0 Å². The molecule has 0 unspecified atom stereocenters. The first-order valence-electron chi connectivity index (χ1n) is 11.6. The molecule has 4 heteroatoms. The fourth-order valence-corrected chi connectivity index (χ4v) is 4.71. The van der Waals surface area contributed by atoms with Gasteiger partial charge in [-0.1, -0.05) is 36.4 Å². The molecular weight excluding hydrogens is 420 g/mol. The Hall–Kier alpha value is -3.92. The van der Waals surface area contributed by atoms with Crippen LogP contribution in [0.5, 0.6) is 0 Å². The van der Waals surface area contributed by atoms with E-state index in [1.165, 1.54) is 11.1 Å². The molecule has 3 aromatic rings. The van der Waals surface area contributed by atoms with Crippen LogP contribution in [0, 0.1) is 39.5 Å². The first kappa shape index (κ1) is 21.9. The smallest absolute Gasteiger partial charge is 0.173 e. The minimum Gasteiger partial charge on any atom is -0.355 e. The lowest BCUT2D eigenvalue weighted by Crippen LogP contribution is -2.36. The van der Waals surface area contributed by atoms with Gasteiger partial charge in [0.15, 0.2) is 11.6 Å². The number of carbonyl (C=O) groups excluding carboxylic acids is 2. The third-order valence-corrected chi connectivity index (χ3v) is 7.01. The topological polar surface area (TPSA) is 58.2 Å². The van der Waals surface area contributed by atoms with E-state index in [0.29, 0.717) is 22.5 Å². The summed E-state index contributed by atoms with van der Waals surface area (Å²) in [5.74, 6) is -1.00. The number of hydrogen-bond donors (Lipinski definition) is 2. The van der Waals surface area contributed by atoms with Gasteiger partial charge in [-0.05, 0) is 86.3 Å². The van der Waals surface area contributed by atoms with Crippen molar-refractivity contribution in [1.29, 1.82) is 0 Å². The van der Waals surface area contributed by atoms with Gasteiger partial charge in [-0.15, -0.1) is 0 Å². The van der Waals surface area contributed by atoms with Gasteiger partial charge < -0.3 is 10.6 Å². The Kier molecular flexibility index (Phi) is 5.45. The standard InChI is InChI=1S/C30H28N2O2/c1-17-9-11-21(15-19(17)3)31-25-13-14-26(32-22-12-10-18(2)20(4)16-22)28-27(25)29(33)23-7-5-6-8-24(23)30(28)34/h5-16,23-24,31-32H,1-4H3/t23-,24-/m1/s1. The van der Waals surface area contributed by atoms with E-state index in [9.17, 15) is 9.59 Å². The molecule has 2 aliphatic carbocycles. The number of hydrogen-bond acceptors (Lipinski definition) is 4. The molecule has 170 valence electrons. The van der Waals surface area contributed by atoms with Gasteiger partial charge in [-0.25, -0.2) is 0 Å². The number of nitrogens with one attached hydrogen (secondary N) is 2. The summed E-state index contributed by atoms with van der Waals surface area (Å²) < 4.78 is 0. The monoisotopic (exact) mass is 448 g/mol. The highest BCUT2D eigenvalue weighted by molar-refractivity contribution is 6.22. The predicted octanol–water partition coefficient (Wildman–Crippen LogP) is 7.14. The molecule has 2 aliphatic rings. The third kappa shape index (κ3) is 3.75. The lowest BCUT2D eigenvalue weighted by molar-refractivity contribution is 0.0803. The summed E-state index contributed by atoms with van der Waals surface area (Å²) in [6.45, 7) is 8.26. The molecule has 3 aromatic carbocycles. The van der Waals surface area contributed by atoms with Crippen molar-refractivity contribution in [3.05, 3.63) is 106 Å². The maximum absolute atomic E-state index is 13.7. The molecule has 4 nitrogen and oxygen atoms in total. The van der Waals surface area contributed by atoms with E-state index in [1.807, 2.05) is 48.6 Å². The van der Waals surface area contributed by atoms with Crippen molar-refractivity contribution in [3.8, 4) is 0 Å². The maximum atomic E-state index is 13.7. The lowest BCUT2D eigenvalue weighted by atomic mass is 9.71. The number of ketones is 2. The molecule has 0 saturated heterocycles. The van der Waals surface area contributed by atoms with Gasteiger partial charge in [0.2, 0.25) is 0 Å². The minimum absolute atomic E-state index is 0.0322. The summed E-state index contributed by atoms with van der Waals surface area (Å²) in [5, 5.41) is 6.82. The second kappa shape index (κ2) is 8.45. The second-order valence-corrected chi connectivity index (χ2v) is 9.31. The average Bonchev–Trinajstić information content (AvgIpc) is 2.83. The van der Waals surface area contributed by atoms with Gasteiger partial charge in [0.25, 0.3) is 0 Å². The van der Waals surface area contributed by atoms with Crippen LogP contribution in [0.2, 0.25) is 0 Å². The second-order valence-electron chi connectivity index (χ2n) is 9.31. The minimum atomic E-state index is -0.470. The van der Waals surface area contributed by atoms with Crippen LogP contribution in [0.4, 0.5) is 22.7 Å². The maximum Gasteiger partial charge on any atom is 0.173 e. The molecular formula is C30H28N2O2. The van der Waals surface area contributed by atoms with Gasteiger partial charge in [0.1, 0.15) is 0 Å². The molecule has 2 N–H and O–H groups in total.